The molecule has 1 aromatic heterocycles. The molecule has 25 heavy (non-hydrogen) atoms. The highest BCUT2D eigenvalue weighted by Crippen LogP contribution is 2.32. The van der Waals surface area contributed by atoms with Gasteiger partial charge in [0, 0.05) is 23.2 Å². The molecule has 0 aliphatic carbocycles. The molecule has 0 spiro atoms. The van der Waals surface area contributed by atoms with Crippen LogP contribution in [0.2, 0.25) is 0 Å². The molecule has 0 saturated carbocycles. The molecular formula is C17H18N2O5S. The molecule has 1 aliphatic rings. The summed E-state index contributed by atoms with van der Waals surface area (Å²) in [4.78, 5) is 24.7. The molecule has 132 valence electrons. The van der Waals surface area contributed by atoms with E-state index in [0.717, 1.165) is 10.4 Å². The Kier molecular flexibility index (Phi) is 5.20. The Bertz CT molecular complexity index is 789. The van der Waals surface area contributed by atoms with Crippen molar-refractivity contribution in [3.05, 3.63) is 40.1 Å². The van der Waals surface area contributed by atoms with Gasteiger partial charge in [-0.25, -0.2) is 0 Å². The van der Waals surface area contributed by atoms with Crippen LogP contribution in [0.25, 0.3) is 0 Å². The van der Waals surface area contributed by atoms with Crippen molar-refractivity contribution in [3.8, 4) is 11.5 Å². The Balaban J connectivity index is 1.54. The number of hydrogen-bond acceptors (Lipinski definition) is 6. The predicted molar refractivity (Wildman–Crippen MR) is 93.1 cm³/mol. The zero-order valence-electron chi connectivity index (χ0n) is 13.6. The maximum Gasteiger partial charge on any atom is 0.313 e. The van der Waals surface area contributed by atoms with Gasteiger partial charge in [0.2, 0.25) is 0 Å². The molecule has 3 N–H and O–H groups in total. The first kappa shape index (κ1) is 17.2. The van der Waals surface area contributed by atoms with Gasteiger partial charge in [0.05, 0.1) is 0 Å². The maximum absolute atomic E-state index is 12.0. The molecule has 1 aromatic carbocycles. The summed E-state index contributed by atoms with van der Waals surface area (Å²) in [6, 6.07) is 6.79. The minimum atomic E-state index is -0.842. The zero-order valence-corrected chi connectivity index (χ0v) is 14.4. The van der Waals surface area contributed by atoms with E-state index in [1.54, 1.807) is 18.2 Å². The quantitative estimate of drug-likeness (QED) is 0.718. The topological polar surface area (TPSA) is 96.9 Å². The lowest BCUT2D eigenvalue weighted by molar-refractivity contribution is -0.136. The predicted octanol–water partition coefficient (Wildman–Crippen LogP) is 1.62. The monoisotopic (exact) mass is 362 g/mol. The molecule has 0 radical (unpaired) electrons. The molecule has 2 aromatic rings. The number of amides is 2. The van der Waals surface area contributed by atoms with Gasteiger partial charge < -0.3 is 25.2 Å². The first-order valence-corrected chi connectivity index (χ1v) is 8.63. The second kappa shape index (κ2) is 7.54. The number of nitrogens with one attached hydrogen (secondary N) is 2. The summed E-state index contributed by atoms with van der Waals surface area (Å²) in [6.07, 6.45) is -0.842. The molecule has 1 atom stereocenters. The summed E-state index contributed by atoms with van der Waals surface area (Å²) in [7, 11) is 0. The van der Waals surface area contributed by atoms with Gasteiger partial charge in [-0.15, -0.1) is 11.3 Å². The number of fused-ring (bicyclic) bond motifs is 1. The Morgan fingerprint density at radius 1 is 1.20 bits per heavy atom. The molecule has 8 heteroatoms. The highest BCUT2D eigenvalue weighted by molar-refractivity contribution is 7.10. The van der Waals surface area contributed by atoms with Crippen LogP contribution in [0.4, 0.5) is 5.69 Å². The van der Waals surface area contributed by atoms with Crippen molar-refractivity contribution in [2.24, 2.45) is 0 Å². The average Bonchev–Trinajstić information content (AvgIpc) is 3.05. The van der Waals surface area contributed by atoms with Crippen LogP contribution in [0.5, 0.6) is 11.5 Å². The Labute approximate surface area is 148 Å². The summed E-state index contributed by atoms with van der Waals surface area (Å²) < 4.78 is 10.8. The van der Waals surface area contributed by atoms with Crippen molar-refractivity contribution < 1.29 is 24.2 Å². The van der Waals surface area contributed by atoms with E-state index in [9.17, 15) is 14.7 Å². The van der Waals surface area contributed by atoms with E-state index in [4.69, 9.17) is 9.47 Å². The van der Waals surface area contributed by atoms with Crippen molar-refractivity contribution in [1.29, 1.82) is 0 Å². The van der Waals surface area contributed by atoms with Gasteiger partial charge >= 0.3 is 11.8 Å². The van der Waals surface area contributed by atoms with E-state index >= 15 is 0 Å². The Morgan fingerprint density at radius 3 is 2.68 bits per heavy atom. The van der Waals surface area contributed by atoms with Gasteiger partial charge in [-0.1, -0.05) is 0 Å². The smallest absolute Gasteiger partial charge is 0.313 e. The van der Waals surface area contributed by atoms with Crippen molar-refractivity contribution in [2.45, 2.75) is 13.0 Å². The standard InChI is InChI=1S/C17H18N2O5S/c1-10-4-7-25-15(10)12(20)9-18-16(21)17(22)19-11-2-3-13-14(8-11)24-6-5-23-13/h2-4,7-8,12,20H,5-6,9H2,1H3,(H,18,21)(H,19,22). The van der Waals surface area contributed by atoms with Gasteiger partial charge in [-0.05, 0) is 36.1 Å². The minimum absolute atomic E-state index is 0.0330. The van der Waals surface area contributed by atoms with Gasteiger partial charge in [-0.3, -0.25) is 9.59 Å². The van der Waals surface area contributed by atoms with Crippen LogP contribution >= 0.6 is 11.3 Å². The molecule has 3 rings (SSSR count). The number of ether oxygens (including phenoxy) is 2. The number of aliphatic hydroxyl groups is 1. The van der Waals surface area contributed by atoms with Gasteiger partial charge in [0.1, 0.15) is 19.3 Å². The lowest BCUT2D eigenvalue weighted by atomic mass is 10.2. The normalized spacial score (nSPS) is 13.8. The number of benzene rings is 1. The lowest BCUT2D eigenvalue weighted by Gasteiger charge is -2.19. The Hall–Kier alpha value is -2.58. The van der Waals surface area contributed by atoms with Gasteiger partial charge in [0.15, 0.2) is 11.5 Å². The molecule has 0 saturated heterocycles. The zero-order chi connectivity index (χ0) is 17.8. The number of carbonyl (C=O) groups excluding carboxylic acids is 2. The fourth-order valence-electron chi connectivity index (χ4n) is 2.40. The number of anilines is 1. The van der Waals surface area contributed by atoms with Crippen molar-refractivity contribution in [2.75, 3.05) is 25.1 Å². The molecule has 2 amide bonds. The van der Waals surface area contributed by atoms with Crippen LogP contribution in [-0.4, -0.2) is 36.7 Å². The van der Waals surface area contributed by atoms with E-state index < -0.39 is 17.9 Å². The third kappa shape index (κ3) is 4.09. The molecule has 7 nitrogen and oxygen atoms in total. The first-order valence-electron chi connectivity index (χ1n) is 7.75. The van der Waals surface area contributed by atoms with Gasteiger partial charge in [0.25, 0.3) is 0 Å². The van der Waals surface area contributed by atoms with Crippen LogP contribution in [0.15, 0.2) is 29.6 Å². The maximum atomic E-state index is 12.0. The third-order valence-electron chi connectivity index (χ3n) is 3.67. The Morgan fingerprint density at radius 2 is 1.96 bits per heavy atom. The molecule has 1 aliphatic heterocycles. The number of carbonyl (C=O) groups is 2. The number of aryl methyl sites for hydroxylation is 1. The summed E-state index contributed by atoms with van der Waals surface area (Å²) in [6.45, 7) is 2.76. The van der Waals surface area contributed by atoms with E-state index in [1.165, 1.54) is 11.3 Å². The molecule has 0 fully saturated rings. The second-order valence-corrected chi connectivity index (χ2v) is 6.45. The summed E-state index contributed by atoms with van der Waals surface area (Å²) in [5.74, 6) is -0.508. The molecule has 0 bridgehead atoms. The summed E-state index contributed by atoms with van der Waals surface area (Å²) in [5, 5.41) is 16.9. The number of aliphatic hydroxyl groups excluding tert-OH is 1. The van der Waals surface area contributed by atoms with Crippen LogP contribution < -0.4 is 20.1 Å². The fraction of sp³-hybridized carbons (Fsp3) is 0.294. The average molecular weight is 362 g/mol. The first-order chi connectivity index (χ1) is 12.0. The second-order valence-electron chi connectivity index (χ2n) is 5.51. The van der Waals surface area contributed by atoms with E-state index in [-0.39, 0.29) is 6.54 Å². The minimum Gasteiger partial charge on any atom is -0.486 e. The highest BCUT2D eigenvalue weighted by atomic mass is 32.1. The van der Waals surface area contributed by atoms with Crippen LogP contribution in [-0.2, 0) is 9.59 Å². The number of hydrogen-bond donors (Lipinski definition) is 3. The molecule has 1 unspecified atom stereocenters. The summed E-state index contributed by atoms with van der Waals surface area (Å²) >= 11 is 1.41. The summed E-state index contributed by atoms with van der Waals surface area (Å²) in [5.41, 5.74) is 1.38. The van der Waals surface area contributed by atoms with Crippen molar-refractivity contribution >= 4 is 28.8 Å². The SMILES string of the molecule is Cc1ccsc1C(O)CNC(=O)C(=O)Nc1ccc2c(c1)OCCO2. The third-order valence-corrected chi connectivity index (χ3v) is 4.79. The number of thiophene rings is 1. The van der Waals surface area contributed by atoms with Crippen LogP contribution in [0.3, 0.4) is 0 Å². The van der Waals surface area contributed by atoms with Gasteiger partial charge in [-0.2, -0.15) is 0 Å². The number of rotatable bonds is 4. The van der Waals surface area contributed by atoms with Crippen LogP contribution in [0, 0.1) is 6.92 Å². The van der Waals surface area contributed by atoms with E-state index in [0.29, 0.717) is 30.4 Å². The van der Waals surface area contributed by atoms with Crippen LogP contribution in [0.1, 0.15) is 16.5 Å². The van der Waals surface area contributed by atoms with E-state index in [1.807, 2.05) is 18.4 Å². The largest absolute Gasteiger partial charge is 0.486 e. The van der Waals surface area contributed by atoms with E-state index in [2.05, 4.69) is 10.6 Å². The molecule has 2 heterocycles. The van der Waals surface area contributed by atoms with Crippen molar-refractivity contribution in [1.82, 2.24) is 5.32 Å². The fourth-order valence-corrected chi connectivity index (χ4v) is 3.31. The van der Waals surface area contributed by atoms with Crippen molar-refractivity contribution in [3.63, 3.8) is 0 Å². The molecular weight excluding hydrogens is 344 g/mol. The lowest BCUT2D eigenvalue weighted by Crippen LogP contribution is -2.37. The highest BCUT2D eigenvalue weighted by Gasteiger charge is 2.19.